The second-order valence-corrected chi connectivity index (χ2v) is 7.76. The Morgan fingerprint density at radius 3 is 2.65 bits per heavy atom. The molecule has 0 unspecified atom stereocenters. The molecule has 2 amide bonds. The molecular formula is C22H29FN6O2. The van der Waals surface area contributed by atoms with Crippen LogP contribution in [0.25, 0.3) is 0 Å². The van der Waals surface area contributed by atoms with E-state index in [2.05, 4.69) is 20.5 Å². The van der Waals surface area contributed by atoms with Gasteiger partial charge in [-0.2, -0.15) is 0 Å². The lowest BCUT2D eigenvalue weighted by atomic mass is 10.0. The Labute approximate surface area is 181 Å². The lowest BCUT2D eigenvalue weighted by Crippen LogP contribution is -2.40. The fourth-order valence-electron chi connectivity index (χ4n) is 3.62. The molecule has 1 saturated heterocycles. The van der Waals surface area contributed by atoms with Gasteiger partial charge < -0.3 is 15.5 Å². The molecule has 166 valence electrons. The minimum absolute atomic E-state index is 0.0390. The van der Waals surface area contributed by atoms with E-state index in [0.717, 1.165) is 31.5 Å². The van der Waals surface area contributed by atoms with Gasteiger partial charge in [0, 0.05) is 32.8 Å². The third-order valence-corrected chi connectivity index (χ3v) is 5.38. The van der Waals surface area contributed by atoms with E-state index in [0.29, 0.717) is 23.9 Å². The van der Waals surface area contributed by atoms with Gasteiger partial charge >= 0.3 is 0 Å². The number of anilines is 2. The maximum Gasteiger partial charge on any atom is 0.238 e. The van der Waals surface area contributed by atoms with Crippen molar-refractivity contribution in [3.8, 4) is 0 Å². The highest BCUT2D eigenvalue weighted by Gasteiger charge is 2.28. The summed E-state index contributed by atoms with van der Waals surface area (Å²) in [5.74, 6) is 0.774. The van der Waals surface area contributed by atoms with Gasteiger partial charge in [-0.15, -0.1) is 0 Å². The second kappa shape index (κ2) is 10.3. The predicted molar refractivity (Wildman–Crippen MR) is 117 cm³/mol. The standard InChI is InChI=1S/C22H29FN6O2/c1-15(30)28(3)13-18-12-20(24-2)27-22(26-18)19-6-4-5-11-29(19)14-21(31)25-17-9-7-16(23)8-10-17/h7-10,12,19H,4-6,11,13-14H2,1-3H3,(H,25,31)(H,24,26,27)/t19-/m0/s1. The average Bonchev–Trinajstić information content (AvgIpc) is 2.75. The number of carbonyl (C=O) groups is 2. The van der Waals surface area contributed by atoms with Crippen LogP contribution in [-0.2, 0) is 16.1 Å². The van der Waals surface area contributed by atoms with Crippen LogP contribution in [0.5, 0.6) is 0 Å². The molecule has 3 rings (SSSR count). The topological polar surface area (TPSA) is 90.5 Å². The van der Waals surface area contributed by atoms with E-state index in [1.165, 1.54) is 31.2 Å². The second-order valence-electron chi connectivity index (χ2n) is 7.76. The smallest absolute Gasteiger partial charge is 0.238 e. The lowest BCUT2D eigenvalue weighted by molar-refractivity contribution is -0.128. The van der Waals surface area contributed by atoms with Crippen LogP contribution >= 0.6 is 0 Å². The quantitative estimate of drug-likeness (QED) is 0.705. The van der Waals surface area contributed by atoms with Gasteiger partial charge in [-0.05, 0) is 43.7 Å². The van der Waals surface area contributed by atoms with Crippen molar-refractivity contribution in [2.24, 2.45) is 0 Å². The van der Waals surface area contributed by atoms with Crippen LogP contribution in [0.2, 0.25) is 0 Å². The maximum absolute atomic E-state index is 13.1. The van der Waals surface area contributed by atoms with Crippen molar-refractivity contribution < 1.29 is 14.0 Å². The zero-order chi connectivity index (χ0) is 22.4. The molecule has 8 nitrogen and oxygen atoms in total. The number of halogens is 1. The summed E-state index contributed by atoms with van der Waals surface area (Å²) >= 11 is 0. The van der Waals surface area contributed by atoms with E-state index < -0.39 is 0 Å². The van der Waals surface area contributed by atoms with Crippen LogP contribution in [0.4, 0.5) is 15.9 Å². The SMILES string of the molecule is CNc1cc(CN(C)C(C)=O)nc([C@@H]2CCCCN2CC(=O)Nc2ccc(F)cc2)n1. The van der Waals surface area contributed by atoms with Crippen molar-refractivity contribution >= 4 is 23.3 Å². The summed E-state index contributed by atoms with van der Waals surface area (Å²) < 4.78 is 13.1. The Balaban J connectivity index is 1.76. The molecule has 2 aromatic rings. The third-order valence-electron chi connectivity index (χ3n) is 5.38. The van der Waals surface area contributed by atoms with Crippen LogP contribution in [0.1, 0.15) is 43.7 Å². The van der Waals surface area contributed by atoms with E-state index in [-0.39, 0.29) is 30.2 Å². The van der Waals surface area contributed by atoms with Crippen LogP contribution in [0.15, 0.2) is 30.3 Å². The molecule has 0 spiro atoms. The Morgan fingerprint density at radius 1 is 1.23 bits per heavy atom. The van der Waals surface area contributed by atoms with Gasteiger partial charge in [0.2, 0.25) is 11.8 Å². The zero-order valence-electron chi connectivity index (χ0n) is 18.2. The number of nitrogens with one attached hydrogen (secondary N) is 2. The molecule has 9 heteroatoms. The molecule has 0 bridgehead atoms. The number of rotatable bonds is 7. The number of likely N-dealkylation sites (tertiary alicyclic amines) is 1. The number of nitrogens with zero attached hydrogens (tertiary/aromatic N) is 4. The predicted octanol–water partition coefficient (Wildman–Crippen LogP) is 2.80. The summed E-state index contributed by atoms with van der Waals surface area (Å²) in [7, 11) is 3.52. The number of amides is 2. The first-order valence-electron chi connectivity index (χ1n) is 10.4. The van der Waals surface area contributed by atoms with Crippen molar-refractivity contribution in [1.29, 1.82) is 0 Å². The summed E-state index contributed by atoms with van der Waals surface area (Å²) in [5, 5.41) is 5.88. The number of hydrogen-bond donors (Lipinski definition) is 2. The first kappa shape index (κ1) is 22.6. The van der Waals surface area contributed by atoms with E-state index >= 15 is 0 Å². The van der Waals surface area contributed by atoms with Crippen LogP contribution < -0.4 is 10.6 Å². The number of aromatic nitrogens is 2. The molecule has 0 radical (unpaired) electrons. The Bertz CT molecular complexity index is 921. The van der Waals surface area contributed by atoms with Gasteiger partial charge in [0.15, 0.2) is 0 Å². The van der Waals surface area contributed by atoms with Crippen molar-refractivity contribution in [1.82, 2.24) is 19.8 Å². The van der Waals surface area contributed by atoms with E-state index in [4.69, 9.17) is 4.98 Å². The highest BCUT2D eigenvalue weighted by atomic mass is 19.1. The minimum atomic E-state index is -0.345. The Kier molecular flexibility index (Phi) is 7.51. The first-order chi connectivity index (χ1) is 14.9. The number of piperidine rings is 1. The Morgan fingerprint density at radius 2 is 1.97 bits per heavy atom. The van der Waals surface area contributed by atoms with Crippen molar-refractivity contribution in [3.63, 3.8) is 0 Å². The molecule has 1 aromatic carbocycles. The molecule has 1 aliphatic heterocycles. The van der Waals surface area contributed by atoms with Gasteiger partial charge in [-0.1, -0.05) is 6.42 Å². The van der Waals surface area contributed by atoms with Crippen molar-refractivity contribution in [2.45, 2.75) is 38.8 Å². The summed E-state index contributed by atoms with van der Waals surface area (Å²) in [4.78, 5) is 37.3. The lowest BCUT2D eigenvalue weighted by Gasteiger charge is -2.34. The highest BCUT2D eigenvalue weighted by Crippen LogP contribution is 2.29. The van der Waals surface area contributed by atoms with Gasteiger partial charge in [0.05, 0.1) is 24.8 Å². The fraction of sp³-hybridized carbons (Fsp3) is 0.455. The number of benzene rings is 1. The van der Waals surface area contributed by atoms with E-state index in [1.54, 1.807) is 19.0 Å². The average molecular weight is 429 g/mol. The fourth-order valence-corrected chi connectivity index (χ4v) is 3.62. The van der Waals surface area contributed by atoms with Crippen molar-refractivity contribution in [2.75, 3.05) is 37.8 Å². The van der Waals surface area contributed by atoms with Crippen molar-refractivity contribution in [3.05, 3.63) is 47.7 Å². The van der Waals surface area contributed by atoms with Gasteiger partial charge in [-0.25, -0.2) is 14.4 Å². The van der Waals surface area contributed by atoms with Crippen LogP contribution in [0, 0.1) is 5.82 Å². The number of hydrogen-bond acceptors (Lipinski definition) is 6. The van der Waals surface area contributed by atoms with E-state index in [1.807, 2.05) is 6.07 Å². The molecule has 2 N–H and O–H groups in total. The largest absolute Gasteiger partial charge is 0.373 e. The summed E-state index contributed by atoms with van der Waals surface area (Å²) in [6, 6.07) is 7.45. The molecule has 0 saturated carbocycles. The molecular weight excluding hydrogens is 399 g/mol. The normalized spacial score (nSPS) is 16.6. The molecule has 1 aliphatic rings. The van der Waals surface area contributed by atoms with Gasteiger partial charge in [0.1, 0.15) is 17.5 Å². The van der Waals surface area contributed by atoms with E-state index in [9.17, 15) is 14.0 Å². The molecule has 1 aromatic heterocycles. The maximum atomic E-state index is 13.1. The summed E-state index contributed by atoms with van der Waals surface area (Å²) in [6.45, 7) is 2.86. The monoisotopic (exact) mass is 428 g/mol. The van der Waals surface area contributed by atoms with Gasteiger partial charge in [0.25, 0.3) is 0 Å². The molecule has 1 atom stereocenters. The first-order valence-corrected chi connectivity index (χ1v) is 10.4. The molecule has 0 aliphatic carbocycles. The minimum Gasteiger partial charge on any atom is -0.373 e. The van der Waals surface area contributed by atoms with Crippen LogP contribution in [0.3, 0.4) is 0 Å². The summed E-state index contributed by atoms with van der Waals surface area (Å²) in [5.41, 5.74) is 1.30. The summed E-state index contributed by atoms with van der Waals surface area (Å²) in [6.07, 6.45) is 2.86. The van der Waals surface area contributed by atoms with Crippen LogP contribution in [-0.4, -0.2) is 58.8 Å². The molecule has 31 heavy (non-hydrogen) atoms. The highest BCUT2D eigenvalue weighted by molar-refractivity contribution is 5.92. The molecule has 2 heterocycles. The molecule has 1 fully saturated rings. The Hall–Kier alpha value is -3.07. The number of carbonyl (C=O) groups excluding carboxylic acids is 2. The third kappa shape index (κ3) is 6.21. The zero-order valence-corrected chi connectivity index (χ0v) is 18.2. The van der Waals surface area contributed by atoms with Gasteiger partial charge in [-0.3, -0.25) is 14.5 Å².